The summed E-state index contributed by atoms with van der Waals surface area (Å²) in [5.74, 6) is 0. The topological polar surface area (TPSA) is 6.48 Å². The Bertz CT molecular complexity index is 867. The van der Waals surface area contributed by atoms with Crippen LogP contribution in [-0.2, 0) is 0 Å². The molecule has 0 N–H and O–H groups in total. The first-order valence-electron chi connectivity index (χ1n) is 8.40. The highest BCUT2D eigenvalue weighted by Gasteiger charge is 2.44. The third kappa shape index (κ3) is 3.09. The van der Waals surface area contributed by atoms with Crippen molar-refractivity contribution in [2.45, 2.75) is 6.55 Å². The average molecular weight is 353 g/mol. The summed E-state index contributed by atoms with van der Waals surface area (Å²) in [5, 5.41) is 1.14. The molecule has 0 atom stereocenters. The van der Waals surface area contributed by atoms with Crippen LogP contribution in [0.3, 0.4) is 0 Å². The second kappa shape index (κ2) is 7.65. The smallest absolute Gasteiger partial charge is 0.305 e. The van der Waals surface area contributed by atoms with Crippen molar-refractivity contribution >= 4 is 25.0 Å². The fraction of sp³-hybridized carbons (Fsp3) is 0.0435. The Balaban J connectivity index is 2.24. The van der Waals surface area contributed by atoms with Crippen LogP contribution in [0.1, 0.15) is 0 Å². The zero-order valence-corrected chi connectivity index (χ0v) is 15.7. The molecular weight excluding hydrogens is 332 g/mol. The molecule has 0 aliphatic rings. The molecule has 0 aliphatic carbocycles. The van der Waals surface area contributed by atoms with Gasteiger partial charge in [-0.2, -0.15) is 0 Å². The summed E-state index contributed by atoms with van der Waals surface area (Å²) in [7, 11) is -2.67. The summed E-state index contributed by atoms with van der Waals surface area (Å²) in [4.78, 5) is 0. The number of para-hydroxylation sites is 2. The van der Waals surface area contributed by atoms with E-state index < -0.39 is 8.40 Å². The summed E-state index contributed by atoms with van der Waals surface area (Å²) in [6.45, 7) is 2.18. The predicted molar refractivity (Wildman–Crippen MR) is 113 cm³/mol. The van der Waals surface area contributed by atoms with Crippen molar-refractivity contribution in [1.29, 1.82) is 0 Å². The molecule has 3 heteroatoms. The van der Waals surface area contributed by atoms with Crippen molar-refractivity contribution in [3.8, 4) is 24.9 Å². The number of benzene rings is 3. The van der Waals surface area contributed by atoms with E-state index in [0.717, 1.165) is 16.6 Å². The summed E-state index contributed by atoms with van der Waals surface area (Å²) < 4.78 is 4.02. The quantitative estimate of drug-likeness (QED) is 0.386. The van der Waals surface area contributed by atoms with Gasteiger partial charge in [0.2, 0.25) is 0 Å². The van der Waals surface area contributed by atoms with Crippen LogP contribution >= 0.6 is 0 Å². The highest BCUT2D eigenvalue weighted by molar-refractivity contribution is 6.97. The predicted octanol–water partition coefficient (Wildman–Crippen LogP) is 4.16. The molecule has 0 fully saturated rings. The van der Waals surface area contributed by atoms with Gasteiger partial charge in [0, 0.05) is 23.5 Å². The van der Waals surface area contributed by atoms with E-state index in [1.165, 1.54) is 0 Å². The fourth-order valence-corrected chi connectivity index (χ4v) is 6.52. The Morgan fingerprint density at radius 2 is 0.962 bits per heavy atom. The van der Waals surface area contributed by atoms with Crippen molar-refractivity contribution in [3.05, 3.63) is 91.0 Å². The minimum absolute atomic E-state index is 0.962. The maximum atomic E-state index is 6.01. The molecule has 0 aliphatic heterocycles. The second-order valence-electron chi connectivity index (χ2n) is 5.99. The van der Waals surface area contributed by atoms with Crippen molar-refractivity contribution in [1.82, 2.24) is 0 Å². The third-order valence-corrected chi connectivity index (χ3v) is 8.42. The van der Waals surface area contributed by atoms with Gasteiger partial charge in [0.25, 0.3) is 0 Å². The van der Waals surface area contributed by atoms with Crippen LogP contribution in [0.15, 0.2) is 91.0 Å². The molecule has 3 aromatic carbocycles. The Labute approximate surface area is 156 Å². The first-order valence-corrected chi connectivity index (χ1v) is 10.8. The Morgan fingerprint density at radius 1 is 0.615 bits per heavy atom. The number of hydrogen-bond acceptors (Lipinski definition) is 2. The molecule has 0 unspecified atom stereocenters. The standard InChI is InChI=1S/C23H20N2Si/c1-4-24(21-15-9-6-10-16-21)26(3,23-19-13-8-14-20-23)25(5-2)22-17-11-7-12-18-22/h1-2,6-20H,3H3. The van der Waals surface area contributed by atoms with Gasteiger partial charge in [-0.05, 0) is 36.0 Å². The van der Waals surface area contributed by atoms with Crippen LogP contribution in [0.4, 0.5) is 11.4 Å². The highest BCUT2D eigenvalue weighted by atomic mass is 28.3. The molecule has 0 aromatic heterocycles. The summed E-state index contributed by atoms with van der Waals surface area (Å²) in [6, 6.07) is 36.1. The molecule has 0 radical (unpaired) electrons. The number of anilines is 2. The summed E-state index contributed by atoms with van der Waals surface area (Å²) in [6.07, 6.45) is 12.0. The van der Waals surface area contributed by atoms with Gasteiger partial charge in [-0.1, -0.05) is 79.6 Å². The van der Waals surface area contributed by atoms with Gasteiger partial charge in [-0.25, -0.2) is 0 Å². The van der Waals surface area contributed by atoms with E-state index in [1.54, 1.807) is 0 Å². The first-order chi connectivity index (χ1) is 12.7. The van der Waals surface area contributed by atoms with Crippen LogP contribution < -0.4 is 14.3 Å². The van der Waals surface area contributed by atoms with Gasteiger partial charge in [-0.3, -0.25) is 0 Å². The van der Waals surface area contributed by atoms with Gasteiger partial charge >= 0.3 is 8.40 Å². The van der Waals surface area contributed by atoms with Gasteiger partial charge in [0.1, 0.15) is 0 Å². The molecule has 126 valence electrons. The number of terminal acetylenes is 2. The molecule has 2 nitrogen and oxygen atoms in total. The molecule has 3 aromatic rings. The van der Waals surface area contributed by atoms with Crippen molar-refractivity contribution in [3.63, 3.8) is 0 Å². The molecule has 26 heavy (non-hydrogen) atoms. The maximum Gasteiger partial charge on any atom is 0.318 e. The largest absolute Gasteiger partial charge is 0.318 e. The van der Waals surface area contributed by atoms with Crippen LogP contribution in [0.25, 0.3) is 0 Å². The van der Waals surface area contributed by atoms with E-state index in [9.17, 15) is 0 Å². The van der Waals surface area contributed by atoms with Crippen LogP contribution in [0.2, 0.25) is 6.55 Å². The zero-order valence-electron chi connectivity index (χ0n) is 14.7. The lowest BCUT2D eigenvalue weighted by Crippen LogP contribution is -2.69. The third-order valence-electron chi connectivity index (χ3n) is 4.48. The highest BCUT2D eigenvalue weighted by Crippen LogP contribution is 2.27. The van der Waals surface area contributed by atoms with E-state index in [0.29, 0.717) is 0 Å². The SMILES string of the molecule is C#CN(c1ccccc1)[Si](C)(c1ccccc1)N(C#C)c1ccccc1. The number of nitrogens with zero attached hydrogens (tertiary/aromatic N) is 2. The molecular formula is C23H20N2Si. The zero-order chi connectivity index (χ0) is 18.4. The lowest BCUT2D eigenvalue weighted by Gasteiger charge is -2.43. The Morgan fingerprint density at radius 3 is 1.31 bits per heavy atom. The Hall–Kier alpha value is -3.40. The minimum atomic E-state index is -2.67. The molecule has 0 bridgehead atoms. The van der Waals surface area contributed by atoms with Gasteiger partial charge in [0.05, 0.1) is 0 Å². The van der Waals surface area contributed by atoms with E-state index >= 15 is 0 Å². The molecule has 0 saturated heterocycles. The minimum Gasteiger partial charge on any atom is -0.305 e. The van der Waals surface area contributed by atoms with E-state index in [4.69, 9.17) is 12.8 Å². The van der Waals surface area contributed by atoms with E-state index in [-0.39, 0.29) is 0 Å². The molecule has 3 rings (SSSR count). The summed E-state index contributed by atoms with van der Waals surface area (Å²) >= 11 is 0. The van der Waals surface area contributed by atoms with E-state index in [2.05, 4.69) is 30.8 Å². The van der Waals surface area contributed by atoms with Crippen LogP contribution in [-0.4, -0.2) is 8.40 Å². The normalized spacial score (nSPS) is 10.4. The fourth-order valence-electron chi connectivity index (χ4n) is 3.17. The van der Waals surface area contributed by atoms with Crippen LogP contribution in [0.5, 0.6) is 0 Å². The van der Waals surface area contributed by atoms with Crippen molar-refractivity contribution in [2.75, 3.05) is 9.13 Å². The van der Waals surface area contributed by atoms with Gasteiger partial charge in [0.15, 0.2) is 0 Å². The van der Waals surface area contributed by atoms with Gasteiger partial charge in [-0.15, -0.1) is 0 Å². The molecule has 0 spiro atoms. The molecule has 0 heterocycles. The lowest BCUT2D eigenvalue weighted by molar-refractivity contribution is 1.29. The first kappa shape index (κ1) is 17.4. The van der Waals surface area contributed by atoms with Gasteiger partial charge < -0.3 is 9.13 Å². The Kier molecular flexibility index (Phi) is 5.13. The van der Waals surface area contributed by atoms with Crippen molar-refractivity contribution in [2.24, 2.45) is 0 Å². The molecule has 0 amide bonds. The number of hydrogen-bond donors (Lipinski definition) is 0. The molecule has 0 saturated carbocycles. The maximum absolute atomic E-state index is 6.01. The summed E-state index contributed by atoms with van der Waals surface area (Å²) in [5.41, 5.74) is 1.92. The number of rotatable bonds is 5. The van der Waals surface area contributed by atoms with Crippen LogP contribution in [0, 0.1) is 24.9 Å². The monoisotopic (exact) mass is 352 g/mol. The van der Waals surface area contributed by atoms with E-state index in [1.807, 2.05) is 88.0 Å². The second-order valence-corrected chi connectivity index (χ2v) is 9.50. The lowest BCUT2D eigenvalue weighted by atomic mass is 10.3. The average Bonchev–Trinajstić information content (AvgIpc) is 2.71. The van der Waals surface area contributed by atoms with Crippen molar-refractivity contribution < 1.29 is 0 Å².